The van der Waals surface area contributed by atoms with Crippen molar-refractivity contribution in [2.24, 2.45) is 0 Å². The molecule has 0 saturated heterocycles. The molecule has 1 aliphatic carbocycles. The van der Waals surface area contributed by atoms with Crippen LogP contribution >= 0.6 is 0 Å². The molecule has 0 radical (unpaired) electrons. The Balaban J connectivity index is 0.000000181. The number of ketones is 1. The van der Waals surface area contributed by atoms with Crippen molar-refractivity contribution in [1.29, 1.82) is 0 Å². The first-order chi connectivity index (χ1) is 32.2. The van der Waals surface area contributed by atoms with E-state index in [0.717, 1.165) is 111 Å². The molecule has 8 aromatic rings. The van der Waals surface area contributed by atoms with Gasteiger partial charge >= 0.3 is 11.9 Å². The summed E-state index contributed by atoms with van der Waals surface area (Å²) in [5.41, 5.74) is 5.86. The lowest BCUT2D eigenvalue weighted by Gasteiger charge is -2.18. The molecular weight excluding hydrogens is 840 g/mol. The van der Waals surface area contributed by atoms with Gasteiger partial charge in [0.05, 0.1) is 50.3 Å². The molecule has 9 rings (SSSR count). The topological polar surface area (TPSA) is 138 Å². The molecule has 6 aromatic carbocycles. The minimum absolute atomic E-state index is 0.0597. The fraction of sp³-hybridized carbons (Fsp3) is 0.278. The average molecular weight is 893 g/mol. The van der Waals surface area contributed by atoms with Crippen LogP contribution in [0.25, 0.3) is 43.6 Å². The third-order valence-electron chi connectivity index (χ3n) is 11.8. The van der Waals surface area contributed by atoms with Gasteiger partial charge in [-0.3, -0.25) is 14.4 Å². The summed E-state index contributed by atoms with van der Waals surface area (Å²) in [4.78, 5) is 34.4. The largest absolute Gasteiger partial charge is 0.494 e. The molecule has 0 aliphatic heterocycles. The molecule has 2 N–H and O–H groups in total. The first-order valence-corrected chi connectivity index (χ1v) is 22.6. The minimum Gasteiger partial charge on any atom is -0.494 e. The minimum atomic E-state index is -0.821. The van der Waals surface area contributed by atoms with Crippen LogP contribution in [-0.4, -0.2) is 63.5 Å². The maximum Gasteiger partial charge on any atom is 0.305 e. The molecule has 0 spiro atoms. The number of Topliss-reactive ketones (excluding diaryl/α,β-unsaturated/α-hetero) is 1. The number of halogens is 1. The summed E-state index contributed by atoms with van der Waals surface area (Å²) in [5.74, 6) is 1.15. The smallest absolute Gasteiger partial charge is 0.305 e. The number of carbonyl (C=O) groups excluding carboxylic acids is 1. The number of hydrogen-bond acceptors (Lipinski definition) is 7. The number of rotatable bonds is 20. The summed E-state index contributed by atoms with van der Waals surface area (Å²) in [5, 5.41) is 22.7. The number of nitrogens with zero attached hydrogens (tertiary/aromatic N) is 2. The number of carboxylic acids is 2. The first kappa shape index (κ1) is 45.2. The number of hydrogen-bond donors (Lipinski definition) is 2. The lowest BCUT2D eigenvalue weighted by atomic mass is 9.90. The second-order valence-electron chi connectivity index (χ2n) is 16.3. The van der Waals surface area contributed by atoms with E-state index >= 15 is 0 Å². The normalized spacial score (nSPS) is 12.2. The number of aromatic nitrogens is 2. The molecule has 340 valence electrons. The highest BCUT2D eigenvalue weighted by Crippen LogP contribution is 2.34. The van der Waals surface area contributed by atoms with E-state index in [2.05, 4.69) is 10.6 Å². The number of unbranched alkanes of at least 4 members (excludes halogenated alkanes) is 2. The van der Waals surface area contributed by atoms with Gasteiger partial charge in [-0.2, -0.15) is 0 Å². The SMILES string of the molecule is O=C(O)CCn1c2ccccc2c2ccc(OCCCCOc3cccc(F)c3)cc21.O=C(O)CCn1c2ccccc2c2ccc(OCCCCOc3cccc4c3CCCC4=O)cc21. The van der Waals surface area contributed by atoms with Crippen molar-refractivity contribution in [3.63, 3.8) is 0 Å². The monoisotopic (exact) mass is 892 g/mol. The number of aliphatic carboxylic acids is 2. The highest BCUT2D eigenvalue weighted by atomic mass is 19.1. The number of ether oxygens (including phenoxy) is 4. The average Bonchev–Trinajstić information content (AvgIpc) is 3.81. The Kier molecular flexibility index (Phi) is 14.8. The van der Waals surface area contributed by atoms with Crippen LogP contribution in [0, 0.1) is 5.82 Å². The Morgan fingerprint density at radius 1 is 0.515 bits per heavy atom. The lowest BCUT2D eigenvalue weighted by Crippen LogP contribution is -2.13. The second-order valence-corrected chi connectivity index (χ2v) is 16.3. The zero-order chi connectivity index (χ0) is 45.8. The van der Waals surface area contributed by atoms with E-state index < -0.39 is 11.9 Å². The van der Waals surface area contributed by atoms with Gasteiger partial charge in [-0.05, 0) is 93.1 Å². The Morgan fingerprint density at radius 3 is 1.53 bits per heavy atom. The molecular formula is C54H53FN2O9. The molecule has 0 unspecified atom stereocenters. The van der Waals surface area contributed by atoms with Gasteiger partial charge in [-0.1, -0.05) is 54.6 Å². The highest BCUT2D eigenvalue weighted by molar-refractivity contribution is 6.09. The van der Waals surface area contributed by atoms with Crippen molar-refractivity contribution in [1.82, 2.24) is 9.13 Å². The second kappa shape index (κ2) is 21.6. The van der Waals surface area contributed by atoms with Gasteiger partial charge in [0.25, 0.3) is 0 Å². The highest BCUT2D eigenvalue weighted by Gasteiger charge is 2.20. The maximum atomic E-state index is 13.1. The van der Waals surface area contributed by atoms with Crippen LogP contribution in [0.2, 0.25) is 0 Å². The summed E-state index contributed by atoms with van der Waals surface area (Å²) in [7, 11) is 0. The summed E-state index contributed by atoms with van der Waals surface area (Å²) in [6, 6.07) is 39.9. The van der Waals surface area contributed by atoms with Crippen LogP contribution in [0.1, 0.15) is 67.3 Å². The molecule has 0 amide bonds. The van der Waals surface area contributed by atoms with E-state index in [0.29, 0.717) is 51.7 Å². The summed E-state index contributed by atoms with van der Waals surface area (Å²) in [6.45, 7) is 2.99. The van der Waals surface area contributed by atoms with Crippen molar-refractivity contribution in [3.05, 3.63) is 144 Å². The summed E-state index contributed by atoms with van der Waals surface area (Å²) in [6.07, 6.45) is 5.81. The van der Waals surface area contributed by atoms with Gasteiger partial charge in [-0.15, -0.1) is 0 Å². The van der Waals surface area contributed by atoms with Gasteiger partial charge in [0.1, 0.15) is 28.8 Å². The van der Waals surface area contributed by atoms with Crippen molar-refractivity contribution in [2.45, 2.75) is 70.9 Å². The number of benzene rings is 6. The number of fused-ring (bicyclic) bond motifs is 7. The number of carbonyl (C=O) groups is 3. The molecule has 0 fully saturated rings. The molecule has 1 aliphatic rings. The number of aryl methyl sites for hydroxylation is 2. The van der Waals surface area contributed by atoms with E-state index in [1.807, 2.05) is 102 Å². The van der Waals surface area contributed by atoms with Crippen molar-refractivity contribution in [3.8, 4) is 23.0 Å². The van der Waals surface area contributed by atoms with Crippen molar-refractivity contribution >= 4 is 61.3 Å². The molecule has 2 heterocycles. The predicted octanol–water partition coefficient (Wildman–Crippen LogP) is 11.7. The van der Waals surface area contributed by atoms with Gasteiger partial charge < -0.3 is 38.3 Å². The van der Waals surface area contributed by atoms with E-state index in [9.17, 15) is 23.9 Å². The predicted molar refractivity (Wildman–Crippen MR) is 254 cm³/mol. The van der Waals surface area contributed by atoms with Gasteiger partial charge in [0.2, 0.25) is 0 Å². The number of para-hydroxylation sites is 2. The zero-order valence-corrected chi connectivity index (χ0v) is 36.8. The molecule has 0 bridgehead atoms. The zero-order valence-electron chi connectivity index (χ0n) is 36.8. The molecule has 2 aromatic heterocycles. The van der Waals surface area contributed by atoms with Crippen LogP contribution in [0.15, 0.2) is 127 Å². The Morgan fingerprint density at radius 2 is 1.00 bits per heavy atom. The molecule has 11 nitrogen and oxygen atoms in total. The third kappa shape index (κ3) is 10.9. The van der Waals surface area contributed by atoms with E-state index in [1.54, 1.807) is 12.1 Å². The summed E-state index contributed by atoms with van der Waals surface area (Å²) >= 11 is 0. The fourth-order valence-corrected chi connectivity index (χ4v) is 8.63. The van der Waals surface area contributed by atoms with Crippen LogP contribution < -0.4 is 18.9 Å². The van der Waals surface area contributed by atoms with Crippen molar-refractivity contribution < 1.29 is 47.9 Å². The molecule has 12 heteroatoms. The van der Waals surface area contributed by atoms with E-state index in [-0.39, 0.29) is 24.4 Å². The Bertz CT molecular complexity index is 2990. The van der Waals surface area contributed by atoms with Crippen LogP contribution in [0.3, 0.4) is 0 Å². The summed E-state index contributed by atoms with van der Waals surface area (Å²) < 4.78 is 40.7. The van der Waals surface area contributed by atoms with E-state index in [4.69, 9.17) is 24.1 Å². The third-order valence-corrected chi connectivity index (χ3v) is 11.8. The molecule has 0 atom stereocenters. The maximum absolute atomic E-state index is 13.1. The quantitative estimate of drug-likeness (QED) is 0.0716. The molecule has 66 heavy (non-hydrogen) atoms. The van der Waals surface area contributed by atoms with Crippen LogP contribution in [0.5, 0.6) is 23.0 Å². The van der Waals surface area contributed by atoms with Gasteiger partial charge in [-0.25, -0.2) is 4.39 Å². The number of carboxylic acid groups (broad SMARTS) is 2. The molecule has 0 saturated carbocycles. The van der Waals surface area contributed by atoms with Crippen molar-refractivity contribution in [2.75, 3.05) is 26.4 Å². The van der Waals surface area contributed by atoms with Crippen LogP contribution in [-0.2, 0) is 29.1 Å². The Labute approximate surface area is 381 Å². The fourth-order valence-electron chi connectivity index (χ4n) is 8.63. The lowest BCUT2D eigenvalue weighted by molar-refractivity contribution is -0.138. The standard InChI is InChI=1S/C29H29NO5.C25H24FNO4/c31-27-11-5-9-24-23(27)8-6-12-28(24)35-18-4-3-17-34-20-13-14-22-21-7-1-2-10-25(21)30(26(22)19-20)16-15-29(32)33;26-18-6-5-7-19(16-18)30-14-3-4-15-31-20-10-11-22-21-8-1-2-9-23(21)27(24(22)17-20)13-12-25(28)29/h1-2,6-8,10,12-14,19H,3-5,9,11,15-18H2,(H,32,33);1-2,5-11,16-17H,3-4,12-15H2,(H,28,29). The first-order valence-electron chi connectivity index (χ1n) is 22.6. The van der Waals surface area contributed by atoms with Crippen LogP contribution in [0.4, 0.5) is 4.39 Å². The van der Waals surface area contributed by atoms with Gasteiger partial charge in [0.15, 0.2) is 5.78 Å². The van der Waals surface area contributed by atoms with E-state index in [1.165, 1.54) is 12.1 Å². The Hall–Kier alpha value is -7.34. The van der Waals surface area contributed by atoms with Gasteiger partial charge in [0, 0.05) is 81.4 Å².